The van der Waals surface area contributed by atoms with Crippen LogP contribution in [0.25, 0.3) is 0 Å². The Morgan fingerprint density at radius 2 is 1.84 bits per heavy atom. The third-order valence-electron chi connectivity index (χ3n) is 3.73. The number of fused-ring (bicyclic) bond motifs is 2. The zero-order valence-corrected chi connectivity index (χ0v) is 11.1. The minimum absolute atomic E-state index is 0.226. The van der Waals surface area contributed by atoms with Gasteiger partial charge in [-0.3, -0.25) is 4.79 Å². The molecule has 0 atom stereocenters. The van der Waals surface area contributed by atoms with E-state index in [0.29, 0.717) is 6.42 Å². The Balaban J connectivity index is 2.08. The van der Waals surface area contributed by atoms with Crippen LogP contribution >= 0.6 is 0 Å². The van der Waals surface area contributed by atoms with Gasteiger partial charge < -0.3 is 5.32 Å². The molecule has 0 aliphatic carbocycles. The molecule has 2 aromatic rings. The standard InChI is InChI=1S/C17H17NO/c1-2-17(19)14-7-5-9-16-13(14)11-10-12-6-3-4-8-15(12)18-16/h3-9,18H,2,10-11H2,1H3. The highest BCUT2D eigenvalue weighted by Gasteiger charge is 2.17. The van der Waals surface area contributed by atoms with Crippen LogP contribution in [0.15, 0.2) is 42.5 Å². The lowest BCUT2D eigenvalue weighted by Crippen LogP contribution is -2.04. The van der Waals surface area contributed by atoms with Crippen LogP contribution in [0, 0.1) is 0 Å². The summed E-state index contributed by atoms with van der Waals surface area (Å²) in [5.74, 6) is 0.226. The number of hydrogen-bond acceptors (Lipinski definition) is 2. The molecule has 0 bridgehead atoms. The van der Waals surface area contributed by atoms with Crippen molar-refractivity contribution in [1.29, 1.82) is 0 Å². The molecule has 2 heteroatoms. The fraction of sp³-hybridized carbons (Fsp3) is 0.235. The Morgan fingerprint density at radius 1 is 1.05 bits per heavy atom. The number of carbonyl (C=O) groups is 1. The van der Waals surface area contributed by atoms with Gasteiger partial charge >= 0.3 is 0 Å². The third-order valence-corrected chi connectivity index (χ3v) is 3.73. The van der Waals surface area contributed by atoms with Crippen LogP contribution < -0.4 is 5.32 Å². The zero-order chi connectivity index (χ0) is 13.2. The van der Waals surface area contributed by atoms with Crippen molar-refractivity contribution in [2.75, 3.05) is 5.32 Å². The number of rotatable bonds is 2. The van der Waals surface area contributed by atoms with Crippen LogP contribution in [-0.2, 0) is 12.8 Å². The van der Waals surface area contributed by atoms with E-state index in [2.05, 4.69) is 29.6 Å². The predicted octanol–water partition coefficient (Wildman–Crippen LogP) is 4.12. The number of benzene rings is 2. The fourth-order valence-electron chi connectivity index (χ4n) is 2.69. The van der Waals surface area contributed by atoms with Gasteiger partial charge in [0, 0.05) is 23.4 Å². The number of para-hydroxylation sites is 1. The second-order valence-electron chi connectivity index (χ2n) is 4.89. The molecule has 2 aromatic carbocycles. The summed E-state index contributed by atoms with van der Waals surface area (Å²) >= 11 is 0. The summed E-state index contributed by atoms with van der Waals surface area (Å²) in [7, 11) is 0. The third kappa shape index (κ3) is 2.14. The lowest BCUT2D eigenvalue weighted by atomic mass is 9.96. The van der Waals surface area contributed by atoms with E-state index < -0.39 is 0 Å². The van der Waals surface area contributed by atoms with E-state index in [1.807, 2.05) is 25.1 Å². The van der Waals surface area contributed by atoms with E-state index in [-0.39, 0.29) is 5.78 Å². The number of nitrogens with one attached hydrogen (secondary N) is 1. The second-order valence-corrected chi connectivity index (χ2v) is 4.89. The normalized spacial score (nSPS) is 12.9. The van der Waals surface area contributed by atoms with E-state index in [4.69, 9.17) is 0 Å². The fourth-order valence-corrected chi connectivity index (χ4v) is 2.69. The topological polar surface area (TPSA) is 29.1 Å². The first kappa shape index (κ1) is 12.0. The summed E-state index contributed by atoms with van der Waals surface area (Å²) in [5, 5.41) is 3.47. The van der Waals surface area contributed by atoms with E-state index >= 15 is 0 Å². The van der Waals surface area contributed by atoms with Crippen molar-refractivity contribution in [3.8, 4) is 0 Å². The van der Waals surface area contributed by atoms with Crippen molar-refractivity contribution in [2.45, 2.75) is 26.2 Å². The summed E-state index contributed by atoms with van der Waals surface area (Å²) in [6, 6.07) is 14.3. The van der Waals surface area contributed by atoms with E-state index in [1.54, 1.807) is 0 Å². The Morgan fingerprint density at radius 3 is 2.68 bits per heavy atom. The largest absolute Gasteiger partial charge is 0.355 e. The van der Waals surface area contributed by atoms with Gasteiger partial charge in [-0.05, 0) is 36.1 Å². The Bertz CT molecular complexity index is 631. The van der Waals surface area contributed by atoms with Crippen LogP contribution in [0.5, 0.6) is 0 Å². The van der Waals surface area contributed by atoms with Gasteiger partial charge in [0.2, 0.25) is 0 Å². The average molecular weight is 251 g/mol. The minimum Gasteiger partial charge on any atom is -0.355 e. The Hall–Kier alpha value is -2.09. The molecule has 2 nitrogen and oxygen atoms in total. The first-order valence-electron chi connectivity index (χ1n) is 6.79. The van der Waals surface area contributed by atoms with Gasteiger partial charge in [0.25, 0.3) is 0 Å². The van der Waals surface area contributed by atoms with E-state index in [1.165, 1.54) is 5.56 Å². The number of Topliss-reactive ketones (excluding diaryl/α,β-unsaturated/α-hetero) is 1. The monoisotopic (exact) mass is 251 g/mol. The SMILES string of the molecule is CCC(=O)c1cccc2c1CCc1ccccc1N2. The summed E-state index contributed by atoms with van der Waals surface area (Å²) < 4.78 is 0. The van der Waals surface area contributed by atoms with Gasteiger partial charge in [0.05, 0.1) is 0 Å². The number of ketones is 1. The van der Waals surface area contributed by atoms with Crippen molar-refractivity contribution in [2.24, 2.45) is 0 Å². The molecule has 19 heavy (non-hydrogen) atoms. The maximum atomic E-state index is 12.0. The van der Waals surface area contributed by atoms with Crippen molar-refractivity contribution >= 4 is 17.2 Å². The summed E-state index contributed by atoms with van der Waals surface area (Å²) in [4.78, 5) is 12.0. The Kier molecular flexibility index (Phi) is 3.08. The molecule has 1 heterocycles. The smallest absolute Gasteiger partial charge is 0.162 e. The van der Waals surface area contributed by atoms with Gasteiger partial charge in [-0.1, -0.05) is 37.3 Å². The maximum absolute atomic E-state index is 12.0. The van der Waals surface area contributed by atoms with Crippen molar-refractivity contribution < 1.29 is 4.79 Å². The lowest BCUT2D eigenvalue weighted by molar-refractivity contribution is 0.0987. The number of aryl methyl sites for hydroxylation is 1. The van der Waals surface area contributed by atoms with E-state index in [0.717, 1.165) is 35.3 Å². The predicted molar refractivity (Wildman–Crippen MR) is 78.2 cm³/mol. The molecule has 0 saturated carbocycles. The molecule has 0 radical (unpaired) electrons. The first-order chi connectivity index (χ1) is 9.29. The molecule has 96 valence electrons. The van der Waals surface area contributed by atoms with Crippen LogP contribution in [-0.4, -0.2) is 5.78 Å². The Labute approximate surface area is 113 Å². The highest BCUT2D eigenvalue weighted by molar-refractivity contribution is 5.99. The molecule has 1 N–H and O–H groups in total. The molecule has 0 aromatic heterocycles. The quantitative estimate of drug-likeness (QED) is 0.813. The van der Waals surface area contributed by atoms with Crippen LogP contribution in [0.3, 0.4) is 0 Å². The highest BCUT2D eigenvalue weighted by atomic mass is 16.1. The van der Waals surface area contributed by atoms with Gasteiger partial charge in [-0.15, -0.1) is 0 Å². The molecular formula is C17H17NO. The molecule has 3 rings (SSSR count). The first-order valence-corrected chi connectivity index (χ1v) is 6.79. The summed E-state index contributed by atoms with van der Waals surface area (Å²) in [5.41, 5.74) is 5.58. The van der Waals surface area contributed by atoms with Crippen LogP contribution in [0.4, 0.5) is 11.4 Å². The highest BCUT2D eigenvalue weighted by Crippen LogP contribution is 2.32. The number of hydrogen-bond donors (Lipinski definition) is 1. The van der Waals surface area contributed by atoms with Crippen molar-refractivity contribution in [3.05, 3.63) is 59.2 Å². The molecule has 0 fully saturated rings. The van der Waals surface area contributed by atoms with Gasteiger partial charge in [0.1, 0.15) is 0 Å². The molecular weight excluding hydrogens is 234 g/mol. The van der Waals surface area contributed by atoms with Gasteiger partial charge in [-0.2, -0.15) is 0 Å². The second kappa shape index (κ2) is 4.88. The molecule has 0 amide bonds. The van der Waals surface area contributed by atoms with Crippen molar-refractivity contribution in [3.63, 3.8) is 0 Å². The number of carbonyl (C=O) groups excluding carboxylic acids is 1. The molecule has 0 spiro atoms. The summed E-state index contributed by atoms with van der Waals surface area (Å²) in [6.45, 7) is 1.92. The van der Waals surface area contributed by atoms with E-state index in [9.17, 15) is 4.79 Å². The average Bonchev–Trinajstić information content (AvgIpc) is 2.65. The minimum atomic E-state index is 0.226. The van der Waals surface area contributed by atoms with Crippen LogP contribution in [0.1, 0.15) is 34.8 Å². The lowest BCUT2D eigenvalue weighted by Gasteiger charge is -2.12. The van der Waals surface area contributed by atoms with Gasteiger partial charge in [-0.25, -0.2) is 0 Å². The maximum Gasteiger partial charge on any atom is 0.162 e. The molecule has 0 saturated heterocycles. The van der Waals surface area contributed by atoms with Crippen molar-refractivity contribution in [1.82, 2.24) is 0 Å². The molecule has 1 aliphatic heterocycles. The molecule has 0 unspecified atom stereocenters. The summed E-state index contributed by atoms with van der Waals surface area (Å²) in [6.07, 6.45) is 2.45. The van der Waals surface area contributed by atoms with Crippen LogP contribution in [0.2, 0.25) is 0 Å². The molecule has 1 aliphatic rings. The van der Waals surface area contributed by atoms with Gasteiger partial charge in [0.15, 0.2) is 5.78 Å². The zero-order valence-electron chi connectivity index (χ0n) is 11.1. The number of anilines is 2.